The van der Waals surface area contributed by atoms with Crippen LogP contribution in [-0.4, -0.2) is 25.7 Å². The van der Waals surface area contributed by atoms with Gasteiger partial charge in [0.15, 0.2) is 11.5 Å². The standard InChI is InChI=1S/C16H22N2O2S/c1-4-5-8-17-10-13-11-21-16(18-13)12-6-7-14(19-2)15(9-12)20-3/h6-7,9,11,17H,4-5,8,10H2,1-3H3. The minimum absolute atomic E-state index is 0.729. The maximum absolute atomic E-state index is 5.34. The molecule has 0 radical (unpaired) electrons. The zero-order valence-corrected chi connectivity index (χ0v) is 13.6. The van der Waals surface area contributed by atoms with E-state index in [1.807, 2.05) is 18.2 Å². The topological polar surface area (TPSA) is 43.4 Å². The van der Waals surface area contributed by atoms with Gasteiger partial charge in [0.25, 0.3) is 0 Å². The van der Waals surface area contributed by atoms with Gasteiger partial charge in [-0.3, -0.25) is 0 Å². The molecule has 114 valence electrons. The van der Waals surface area contributed by atoms with Crippen LogP contribution in [0, 0.1) is 0 Å². The number of rotatable bonds is 8. The minimum atomic E-state index is 0.729. The molecule has 1 heterocycles. The molecule has 5 heteroatoms. The molecule has 2 rings (SSSR count). The van der Waals surface area contributed by atoms with E-state index >= 15 is 0 Å². The lowest BCUT2D eigenvalue weighted by atomic mass is 10.2. The van der Waals surface area contributed by atoms with Gasteiger partial charge < -0.3 is 14.8 Å². The third-order valence-electron chi connectivity index (χ3n) is 3.20. The van der Waals surface area contributed by atoms with Gasteiger partial charge in [-0.1, -0.05) is 13.3 Å². The predicted octanol–water partition coefficient (Wildman–Crippen LogP) is 3.72. The number of aromatic nitrogens is 1. The number of ether oxygens (including phenoxy) is 2. The van der Waals surface area contributed by atoms with Crippen LogP contribution < -0.4 is 14.8 Å². The Morgan fingerprint density at radius 2 is 2.00 bits per heavy atom. The van der Waals surface area contributed by atoms with Crippen molar-refractivity contribution >= 4 is 11.3 Å². The SMILES string of the molecule is CCCCNCc1csc(-c2ccc(OC)c(OC)c2)n1. The Kier molecular flexibility index (Phi) is 6.02. The van der Waals surface area contributed by atoms with Crippen molar-refractivity contribution in [3.05, 3.63) is 29.3 Å². The van der Waals surface area contributed by atoms with Gasteiger partial charge in [-0.15, -0.1) is 11.3 Å². The molecule has 0 saturated heterocycles. The molecule has 0 bridgehead atoms. The van der Waals surface area contributed by atoms with E-state index in [4.69, 9.17) is 9.47 Å². The van der Waals surface area contributed by atoms with Crippen molar-refractivity contribution in [3.63, 3.8) is 0 Å². The minimum Gasteiger partial charge on any atom is -0.493 e. The van der Waals surface area contributed by atoms with Crippen molar-refractivity contribution in [1.29, 1.82) is 0 Å². The molecule has 0 fully saturated rings. The summed E-state index contributed by atoms with van der Waals surface area (Å²) in [6.45, 7) is 4.06. The first-order valence-electron chi connectivity index (χ1n) is 7.16. The predicted molar refractivity (Wildman–Crippen MR) is 87.3 cm³/mol. The van der Waals surface area contributed by atoms with Crippen molar-refractivity contribution in [3.8, 4) is 22.1 Å². The second-order valence-electron chi connectivity index (χ2n) is 4.74. The fourth-order valence-corrected chi connectivity index (χ4v) is 2.82. The van der Waals surface area contributed by atoms with Crippen LogP contribution in [0.25, 0.3) is 10.6 Å². The number of thiazole rings is 1. The van der Waals surface area contributed by atoms with Gasteiger partial charge in [0.1, 0.15) is 5.01 Å². The van der Waals surface area contributed by atoms with Gasteiger partial charge >= 0.3 is 0 Å². The highest BCUT2D eigenvalue weighted by molar-refractivity contribution is 7.13. The van der Waals surface area contributed by atoms with Gasteiger partial charge in [-0.05, 0) is 31.2 Å². The number of methoxy groups -OCH3 is 2. The summed E-state index contributed by atoms with van der Waals surface area (Å²) in [6.07, 6.45) is 2.41. The Labute approximate surface area is 130 Å². The van der Waals surface area contributed by atoms with E-state index in [9.17, 15) is 0 Å². The highest BCUT2D eigenvalue weighted by atomic mass is 32.1. The van der Waals surface area contributed by atoms with Gasteiger partial charge in [0, 0.05) is 17.5 Å². The first-order chi connectivity index (χ1) is 10.3. The van der Waals surface area contributed by atoms with Crippen LogP contribution in [0.1, 0.15) is 25.5 Å². The molecule has 1 aromatic heterocycles. The molecule has 0 aliphatic carbocycles. The van der Waals surface area contributed by atoms with Crippen LogP contribution in [-0.2, 0) is 6.54 Å². The number of benzene rings is 1. The molecule has 0 saturated carbocycles. The molecule has 21 heavy (non-hydrogen) atoms. The Hall–Kier alpha value is -1.59. The molecule has 0 atom stereocenters. The van der Waals surface area contributed by atoms with Gasteiger partial charge in [0.2, 0.25) is 0 Å². The van der Waals surface area contributed by atoms with Crippen LogP contribution in [0.15, 0.2) is 23.6 Å². The number of hydrogen-bond donors (Lipinski definition) is 1. The fraction of sp³-hybridized carbons (Fsp3) is 0.438. The molecule has 0 aliphatic heterocycles. The Morgan fingerprint density at radius 1 is 1.19 bits per heavy atom. The first-order valence-corrected chi connectivity index (χ1v) is 8.04. The molecule has 0 amide bonds. The Bertz CT molecular complexity index is 569. The van der Waals surface area contributed by atoms with E-state index < -0.39 is 0 Å². The van der Waals surface area contributed by atoms with E-state index in [0.717, 1.165) is 40.9 Å². The maximum atomic E-state index is 5.34. The molecule has 1 N–H and O–H groups in total. The first kappa shape index (κ1) is 15.8. The van der Waals surface area contributed by atoms with Crippen LogP contribution in [0.2, 0.25) is 0 Å². The quantitative estimate of drug-likeness (QED) is 0.755. The zero-order valence-electron chi connectivity index (χ0n) is 12.8. The summed E-state index contributed by atoms with van der Waals surface area (Å²) in [6, 6.07) is 5.88. The fourth-order valence-electron chi connectivity index (χ4n) is 2.01. The smallest absolute Gasteiger partial charge is 0.161 e. The Balaban J connectivity index is 2.06. The lowest BCUT2D eigenvalue weighted by Crippen LogP contribution is -2.14. The number of unbranched alkanes of at least 4 members (excludes halogenated alkanes) is 1. The summed E-state index contributed by atoms with van der Waals surface area (Å²) >= 11 is 1.65. The second kappa shape index (κ2) is 8.00. The van der Waals surface area contributed by atoms with Crippen molar-refractivity contribution in [2.24, 2.45) is 0 Å². The normalized spacial score (nSPS) is 10.6. The summed E-state index contributed by atoms with van der Waals surface area (Å²) in [5.41, 5.74) is 2.14. The van der Waals surface area contributed by atoms with Gasteiger partial charge in [0.05, 0.1) is 19.9 Å². The lowest BCUT2D eigenvalue weighted by Gasteiger charge is -2.08. The van der Waals surface area contributed by atoms with E-state index in [-0.39, 0.29) is 0 Å². The average Bonchev–Trinajstić information content (AvgIpc) is 2.99. The zero-order chi connectivity index (χ0) is 15.1. The summed E-state index contributed by atoms with van der Waals surface area (Å²) in [5.74, 6) is 1.46. The van der Waals surface area contributed by atoms with E-state index in [1.54, 1.807) is 25.6 Å². The van der Waals surface area contributed by atoms with E-state index in [1.165, 1.54) is 12.8 Å². The van der Waals surface area contributed by atoms with Crippen LogP contribution in [0.5, 0.6) is 11.5 Å². The molecular weight excluding hydrogens is 284 g/mol. The third-order valence-corrected chi connectivity index (χ3v) is 4.14. The third kappa shape index (κ3) is 4.19. The highest BCUT2D eigenvalue weighted by Crippen LogP contribution is 2.33. The number of nitrogens with zero attached hydrogens (tertiary/aromatic N) is 1. The molecule has 0 spiro atoms. The van der Waals surface area contributed by atoms with Crippen molar-refractivity contribution < 1.29 is 9.47 Å². The van der Waals surface area contributed by atoms with Crippen molar-refractivity contribution in [2.75, 3.05) is 20.8 Å². The molecule has 0 aliphatic rings. The Morgan fingerprint density at radius 3 is 2.71 bits per heavy atom. The average molecular weight is 306 g/mol. The summed E-state index contributed by atoms with van der Waals surface area (Å²) in [7, 11) is 3.29. The van der Waals surface area contributed by atoms with Crippen molar-refractivity contribution in [2.45, 2.75) is 26.3 Å². The monoisotopic (exact) mass is 306 g/mol. The van der Waals surface area contributed by atoms with Crippen molar-refractivity contribution in [1.82, 2.24) is 10.3 Å². The van der Waals surface area contributed by atoms with Crippen LogP contribution in [0.4, 0.5) is 0 Å². The van der Waals surface area contributed by atoms with E-state index in [0.29, 0.717) is 0 Å². The summed E-state index contributed by atoms with van der Waals surface area (Å²) in [5, 5.41) is 6.51. The largest absolute Gasteiger partial charge is 0.493 e. The maximum Gasteiger partial charge on any atom is 0.161 e. The molecular formula is C16H22N2O2S. The van der Waals surface area contributed by atoms with Gasteiger partial charge in [-0.2, -0.15) is 0 Å². The molecule has 0 unspecified atom stereocenters. The summed E-state index contributed by atoms with van der Waals surface area (Å²) in [4.78, 5) is 4.67. The van der Waals surface area contributed by atoms with Crippen LogP contribution in [0.3, 0.4) is 0 Å². The van der Waals surface area contributed by atoms with Gasteiger partial charge in [-0.25, -0.2) is 4.98 Å². The number of nitrogens with one attached hydrogen (secondary N) is 1. The van der Waals surface area contributed by atoms with Crippen LogP contribution >= 0.6 is 11.3 Å². The lowest BCUT2D eigenvalue weighted by molar-refractivity contribution is 0.355. The summed E-state index contributed by atoms with van der Waals surface area (Å²) < 4.78 is 10.6. The highest BCUT2D eigenvalue weighted by Gasteiger charge is 2.09. The second-order valence-corrected chi connectivity index (χ2v) is 5.60. The molecule has 2 aromatic rings. The molecule has 4 nitrogen and oxygen atoms in total. The molecule has 1 aromatic carbocycles. The number of hydrogen-bond acceptors (Lipinski definition) is 5. The van der Waals surface area contributed by atoms with E-state index in [2.05, 4.69) is 22.6 Å².